The van der Waals surface area contributed by atoms with E-state index in [1.165, 1.54) is 5.39 Å². The van der Waals surface area contributed by atoms with Crippen LogP contribution in [-0.2, 0) is 0 Å². The first-order valence-electron chi connectivity index (χ1n) is 5.53. The summed E-state index contributed by atoms with van der Waals surface area (Å²) in [5.74, 6) is 0. The molecule has 3 rings (SSSR count). The molecule has 17 heavy (non-hydrogen) atoms. The topological polar surface area (TPSA) is 60.4 Å². The smallest absolute Gasteiger partial charge is 0.161 e. The number of nitrogens with zero attached hydrogens (tertiary/aromatic N) is 1. The Morgan fingerprint density at radius 3 is 3.06 bits per heavy atom. The zero-order chi connectivity index (χ0) is 11.7. The molecule has 1 unspecified atom stereocenters. The predicted octanol–water partition coefficient (Wildman–Crippen LogP) is 1.58. The SMILES string of the molecule is OC1CN=C(Sc2c[nH]c3ccccc23)NC1. The van der Waals surface area contributed by atoms with E-state index in [1.807, 2.05) is 18.3 Å². The number of H-pyrrole nitrogens is 1. The Balaban J connectivity index is 1.85. The Morgan fingerprint density at radius 2 is 2.24 bits per heavy atom. The van der Waals surface area contributed by atoms with Crippen molar-refractivity contribution < 1.29 is 5.11 Å². The maximum Gasteiger partial charge on any atom is 0.161 e. The van der Waals surface area contributed by atoms with Gasteiger partial charge in [0.1, 0.15) is 0 Å². The number of aromatic amines is 1. The monoisotopic (exact) mass is 247 g/mol. The van der Waals surface area contributed by atoms with Gasteiger partial charge < -0.3 is 15.4 Å². The third-order valence-electron chi connectivity index (χ3n) is 2.69. The fourth-order valence-corrected chi connectivity index (χ4v) is 2.72. The second-order valence-corrected chi connectivity index (χ2v) is 5.01. The summed E-state index contributed by atoms with van der Waals surface area (Å²) in [7, 11) is 0. The van der Waals surface area contributed by atoms with E-state index in [0.717, 1.165) is 15.6 Å². The lowest BCUT2D eigenvalue weighted by Gasteiger charge is -2.17. The summed E-state index contributed by atoms with van der Waals surface area (Å²) in [6.07, 6.45) is 1.63. The molecule has 88 valence electrons. The Kier molecular flexibility index (Phi) is 2.78. The second kappa shape index (κ2) is 4.43. The Bertz CT molecular complexity index is 564. The van der Waals surface area contributed by atoms with Crippen LogP contribution in [0.15, 0.2) is 40.4 Å². The molecule has 0 radical (unpaired) electrons. The number of para-hydroxylation sites is 1. The molecule has 1 aromatic heterocycles. The Morgan fingerprint density at radius 1 is 1.35 bits per heavy atom. The molecule has 1 aromatic carbocycles. The first-order valence-corrected chi connectivity index (χ1v) is 6.35. The third-order valence-corrected chi connectivity index (χ3v) is 3.72. The highest BCUT2D eigenvalue weighted by Crippen LogP contribution is 2.28. The van der Waals surface area contributed by atoms with Crippen LogP contribution in [0.4, 0.5) is 0 Å². The fourth-order valence-electron chi connectivity index (χ4n) is 1.82. The van der Waals surface area contributed by atoms with Gasteiger partial charge in [0.05, 0.1) is 12.6 Å². The van der Waals surface area contributed by atoms with E-state index in [4.69, 9.17) is 0 Å². The fraction of sp³-hybridized carbons (Fsp3) is 0.250. The summed E-state index contributed by atoms with van der Waals surface area (Å²) in [6, 6.07) is 8.19. The number of aliphatic hydroxyl groups is 1. The summed E-state index contributed by atoms with van der Waals surface area (Å²) < 4.78 is 0. The zero-order valence-electron chi connectivity index (χ0n) is 9.18. The zero-order valence-corrected chi connectivity index (χ0v) is 10.00. The number of β-amino-alcohol motifs (C(OH)–C–C–N with tert-alkyl or cyclic N) is 1. The van der Waals surface area contributed by atoms with Crippen LogP contribution < -0.4 is 5.32 Å². The number of aliphatic hydroxyl groups excluding tert-OH is 1. The number of aliphatic imine (C=N–C) groups is 1. The molecule has 1 aliphatic heterocycles. The first-order chi connectivity index (χ1) is 8.33. The number of amidine groups is 1. The molecular weight excluding hydrogens is 234 g/mol. The van der Waals surface area contributed by atoms with Gasteiger partial charge in [-0.2, -0.15) is 0 Å². The molecule has 0 amide bonds. The standard InChI is InChI=1S/C12H13N3OS/c16-8-5-14-12(15-6-8)17-11-7-13-10-4-2-1-3-9(10)11/h1-4,7-8,13,16H,5-6H2,(H,14,15). The molecule has 0 spiro atoms. The minimum Gasteiger partial charge on any atom is -0.389 e. The maximum absolute atomic E-state index is 9.34. The van der Waals surface area contributed by atoms with E-state index in [2.05, 4.69) is 27.4 Å². The third kappa shape index (κ3) is 2.16. The van der Waals surface area contributed by atoms with Gasteiger partial charge in [-0.25, -0.2) is 0 Å². The van der Waals surface area contributed by atoms with Crippen LogP contribution in [0.25, 0.3) is 10.9 Å². The van der Waals surface area contributed by atoms with Crippen molar-refractivity contribution in [1.29, 1.82) is 0 Å². The average Bonchev–Trinajstić information content (AvgIpc) is 2.76. The molecular formula is C12H13N3OS. The second-order valence-electron chi connectivity index (χ2n) is 3.98. The van der Waals surface area contributed by atoms with Gasteiger partial charge >= 0.3 is 0 Å². The quantitative estimate of drug-likeness (QED) is 0.717. The van der Waals surface area contributed by atoms with Crippen molar-refractivity contribution in [3.05, 3.63) is 30.5 Å². The maximum atomic E-state index is 9.34. The van der Waals surface area contributed by atoms with Crippen LogP contribution in [0.2, 0.25) is 0 Å². The molecule has 4 nitrogen and oxygen atoms in total. The van der Waals surface area contributed by atoms with Crippen LogP contribution in [-0.4, -0.2) is 34.5 Å². The summed E-state index contributed by atoms with van der Waals surface area (Å²) >= 11 is 1.60. The molecule has 0 saturated heterocycles. The van der Waals surface area contributed by atoms with E-state index in [9.17, 15) is 5.11 Å². The van der Waals surface area contributed by atoms with Gasteiger partial charge in [0.25, 0.3) is 0 Å². The first kappa shape index (κ1) is 10.7. The number of benzene rings is 1. The lowest BCUT2D eigenvalue weighted by atomic mass is 10.2. The predicted molar refractivity (Wildman–Crippen MR) is 70.5 cm³/mol. The van der Waals surface area contributed by atoms with Gasteiger partial charge in [-0.1, -0.05) is 30.0 Å². The lowest BCUT2D eigenvalue weighted by molar-refractivity contribution is 0.182. The molecule has 1 aliphatic rings. The minimum absolute atomic E-state index is 0.359. The van der Waals surface area contributed by atoms with Crippen molar-refractivity contribution in [3.63, 3.8) is 0 Å². The molecule has 1 atom stereocenters. The number of rotatable bonds is 1. The lowest BCUT2D eigenvalue weighted by Crippen LogP contribution is -2.37. The molecule has 0 saturated carbocycles. The number of fused-ring (bicyclic) bond motifs is 1. The van der Waals surface area contributed by atoms with Crippen molar-refractivity contribution in [2.75, 3.05) is 13.1 Å². The number of nitrogens with one attached hydrogen (secondary N) is 2. The van der Waals surface area contributed by atoms with Crippen LogP contribution >= 0.6 is 11.8 Å². The van der Waals surface area contributed by atoms with E-state index in [0.29, 0.717) is 13.1 Å². The van der Waals surface area contributed by atoms with Crippen molar-refractivity contribution in [2.45, 2.75) is 11.0 Å². The van der Waals surface area contributed by atoms with Gasteiger partial charge in [-0.3, -0.25) is 4.99 Å². The van der Waals surface area contributed by atoms with Gasteiger partial charge in [-0.05, 0) is 6.07 Å². The average molecular weight is 247 g/mol. The molecule has 2 aromatic rings. The van der Waals surface area contributed by atoms with E-state index in [1.54, 1.807) is 11.8 Å². The normalized spacial score (nSPS) is 20.1. The molecule has 0 bridgehead atoms. The highest BCUT2D eigenvalue weighted by atomic mass is 32.2. The molecule has 2 heterocycles. The van der Waals surface area contributed by atoms with Crippen LogP contribution in [0.1, 0.15) is 0 Å². The van der Waals surface area contributed by atoms with E-state index < -0.39 is 0 Å². The molecule has 0 fully saturated rings. The molecule has 0 aliphatic carbocycles. The minimum atomic E-state index is -0.359. The van der Waals surface area contributed by atoms with Crippen molar-refractivity contribution in [2.24, 2.45) is 4.99 Å². The summed E-state index contributed by atoms with van der Waals surface area (Å²) in [5, 5.41) is 14.5. The van der Waals surface area contributed by atoms with Gasteiger partial charge in [0.15, 0.2) is 5.17 Å². The number of hydrogen-bond acceptors (Lipinski definition) is 4. The van der Waals surface area contributed by atoms with Crippen molar-refractivity contribution in [1.82, 2.24) is 10.3 Å². The van der Waals surface area contributed by atoms with Crippen LogP contribution in [0.3, 0.4) is 0 Å². The molecule has 5 heteroatoms. The van der Waals surface area contributed by atoms with Crippen molar-refractivity contribution >= 4 is 27.8 Å². The molecule has 3 N–H and O–H groups in total. The number of aromatic nitrogens is 1. The number of thioether (sulfide) groups is 1. The summed E-state index contributed by atoms with van der Waals surface area (Å²) in [4.78, 5) is 8.69. The van der Waals surface area contributed by atoms with Crippen LogP contribution in [0, 0.1) is 0 Å². The van der Waals surface area contributed by atoms with Gasteiger partial charge in [-0.15, -0.1) is 0 Å². The van der Waals surface area contributed by atoms with E-state index in [-0.39, 0.29) is 6.10 Å². The summed E-state index contributed by atoms with van der Waals surface area (Å²) in [5.41, 5.74) is 1.13. The highest BCUT2D eigenvalue weighted by Gasteiger charge is 2.14. The van der Waals surface area contributed by atoms with Crippen LogP contribution in [0.5, 0.6) is 0 Å². The summed E-state index contributed by atoms with van der Waals surface area (Å²) in [6.45, 7) is 1.06. The number of hydrogen-bond donors (Lipinski definition) is 3. The Hall–Kier alpha value is -1.46. The van der Waals surface area contributed by atoms with Gasteiger partial charge in [0.2, 0.25) is 0 Å². The van der Waals surface area contributed by atoms with E-state index >= 15 is 0 Å². The largest absolute Gasteiger partial charge is 0.389 e. The van der Waals surface area contributed by atoms with Gasteiger partial charge in [0, 0.05) is 28.5 Å². The van der Waals surface area contributed by atoms with Crippen molar-refractivity contribution in [3.8, 4) is 0 Å². The Labute approximate surface area is 103 Å². The highest BCUT2D eigenvalue weighted by molar-refractivity contribution is 8.14.